The van der Waals surface area contributed by atoms with E-state index in [0.717, 1.165) is 12.8 Å². The summed E-state index contributed by atoms with van der Waals surface area (Å²) < 4.78 is 38.1. The Morgan fingerprint density at radius 3 is 2.50 bits per heavy atom. The van der Waals surface area contributed by atoms with E-state index >= 15 is 0 Å². The van der Waals surface area contributed by atoms with Gasteiger partial charge in [0, 0.05) is 30.9 Å². The highest BCUT2D eigenvalue weighted by Crippen LogP contribution is 2.24. The summed E-state index contributed by atoms with van der Waals surface area (Å²) in [5, 5.41) is 5.64. The van der Waals surface area contributed by atoms with Gasteiger partial charge >= 0.3 is 0 Å². The fraction of sp³-hybridized carbons (Fsp3) is 0.417. The molecule has 184 valence electrons. The highest BCUT2D eigenvalue weighted by atomic mass is 32.2. The molecule has 0 bridgehead atoms. The summed E-state index contributed by atoms with van der Waals surface area (Å²) in [7, 11) is -3.52. The molecular weight excluding hydrogens is 474 g/mol. The van der Waals surface area contributed by atoms with Gasteiger partial charge in [-0.1, -0.05) is 13.0 Å². The van der Waals surface area contributed by atoms with Gasteiger partial charge < -0.3 is 14.8 Å². The quantitative estimate of drug-likeness (QED) is 0.397. The lowest BCUT2D eigenvalue weighted by Gasteiger charge is -2.29. The Bertz CT molecular complexity index is 1080. The van der Waals surface area contributed by atoms with Crippen molar-refractivity contribution in [3.05, 3.63) is 54.1 Å². The Morgan fingerprint density at radius 1 is 1.12 bits per heavy atom. The molecule has 0 aliphatic carbocycles. The Morgan fingerprint density at radius 2 is 1.82 bits per heavy atom. The first kappa shape index (κ1) is 26.1. The van der Waals surface area contributed by atoms with Crippen molar-refractivity contribution in [3.63, 3.8) is 0 Å². The SMILES string of the molecule is CCOCCOc1cccc(C(=O)NC(=S)Nc2ccc(S(=O)(=O)N3CCC(C)CC3)cc2)c1. The molecule has 0 unspecified atom stereocenters. The van der Waals surface area contributed by atoms with Crippen LogP contribution in [0, 0.1) is 5.92 Å². The molecule has 2 aromatic rings. The van der Waals surface area contributed by atoms with E-state index in [4.69, 9.17) is 21.7 Å². The lowest BCUT2D eigenvalue weighted by molar-refractivity contribution is 0.0976. The van der Waals surface area contributed by atoms with Gasteiger partial charge in [0.1, 0.15) is 12.4 Å². The van der Waals surface area contributed by atoms with Crippen LogP contribution in [0.25, 0.3) is 0 Å². The van der Waals surface area contributed by atoms with Crippen LogP contribution in [0.2, 0.25) is 0 Å². The minimum atomic E-state index is -3.52. The number of hydrogen-bond donors (Lipinski definition) is 2. The fourth-order valence-electron chi connectivity index (χ4n) is 3.51. The first-order valence-corrected chi connectivity index (χ1v) is 13.2. The number of ether oxygens (including phenoxy) is 2. The number of nitrogens with one attached hydrogen (secondary N) is 2. The number of carbonyl (C=O) groups is 1. The number of sulfonamides is 1. The molecule has 10 heteroatoms. The Labute approximate surface area is 206 Å². The van der Waals surface area contributed by atoms with Gasteiger partial charge in [0.2, 0.25) is 10.0 Å². The van der Waals surface area contributed by atoms with E-state index in [0.29, 0.717) is 55.8 Å². The second-order valence-corrected chi connectivity index (χ2v) is 10.4. The van der Waals surface area contributed by atoms with Crippen LogP contribution in [0.5, 0.6) is 5.75 Å². The number of thiocarbonyl (C=S) groups is 1. The molecule has 1 saturated heterocycles. The molecule has 2 aromatic carbocycles. The highest BCUT2D eigenvalue weighted by Gasteiger charge is 2.27. The van der Waals surface area contributed by atoms with E-state index in [9.17, 15) is 13.2 Å². The van der Waals surface area contributed by atoms with Crippen molar-refractivity contribution < 1.29 is 22.7 Å². The van der Waals surface area contributed by atoms with Gasteiger partial charge in [0.25, 0.3) is 5.91 Å². The number of amides is 1. The van der Waals surface area contributed by atoms with Crippen LogP contribution in [0.4, 0.5) is 5.69 Å². The van der Waals surface area contributed by atoms with E-state index in [2.05, 4.69) is 17.6 Å². The predicted molar refractivity (Wildman–Crippen MR) is 136 cm³/mol. The van der Waals surface area contributed by atoms with Gasteiger partial charge in [-0.2, -0.15) is 4.31 Å². The maximum Gasteiger partial charge on any atom is 0.257 e. The summed E-state index contributed by atoms with van der Waals surface area (Å²) in [5.74, 6) is 0.724. The normalized spacial score (nSPS) is 15.0. The van der Waals surface area contributed by atoms with Crippen LogP contribution in [-0.2, 0) is 14.8 Å². The van der Waals surface area contributed by atoms with Crippen molar-refractivity contribution in [2.45, 2.75) is 31.6 Å². The number of piperidine rings is 1. The maximum absolute atomic E-state index is 12.9. The van der Waals surface area contributed by atoms with E-state index in [1.165, 1.54) is 4.31 Å². The van der Waals surface area contributed by atoms with Crippen LogP contribution in [0.3, 0.4) is 0 Å². The standard InChI is InChI=1S/C24H31N3O5S2/c1-3-31-15-16-32-21-6-4-5-19(17-21)23(28)26-24(33)25-20-7-9-22(10-8-20)34(29,30)27-13-11-18(2)12-14-27/h4-10,17-18H,3,11-16H2,1-2H3,(H2,25,26,28,33). The molecule has 0 spiro atoms. The molecule has 0 aromatic heterocycles. The molecule has 8 nitrogen and oxygen atoms in total. The van der Waals surface area contributed by atoms with Gasteiger partial charge in [-0.05, 0) is 80.4 Å². The third-order valence-corrected chi connectivity index (χ3v) is 7.63. The van der Waals surface area contributed by atoms with E-state index < -0.39 is 10.0 Å². The molecule has 0 radical (unpaired) electrons. The zero-order valence-corrected chi connectivity index (χ0v) is 21.1. The van der Waals surface area contributed by atoms with Crippen molar-refractivity contribution >= 4 is 38.9 Å². The van der Waals surface area contributed by atoms with Gasteiger partial charge in [0.15, 0.2) is 5.11 Å². The van der Waals surface area contributed by atoms with Crippen molar-refractivity contribution in [2.75, 3.05) is 38.2 Å². The zero-order valence-electron chi connectivity index (χ0n) is 19.5. The summed E-state index contributed by atoms with van der Waals surface area (Å²) >= 11 is 5.25. The lowest BCUT2D eigenvalue weighted by Crippen LogP contribution is -2.37. The third-order valence-electron chi connectivity index (χ3n) is 5.52. The molecule has 34 heavy (non-hydrogen) atoms. The smallest absolute Gasteiger partial charge is 0.257 e. The van der Waals surface area contributed by atoms with Crippen LogP contribution in [0.15, 0.2) is 53.4 Å². The van der Waals surface area contributed by atoms with Crippen LogP contribution >= 0.6 is 12.2 Å². The van der Waals surface area contributed by atoms with Crippen LogP contribution in [-0.4, -0.2) is 56.7 Å². The van der Waals surface area contributed by atoms with Crippen molar-refractivity contribution in [2.24, 2.45) is 5.92 Å². The number of rotatable bonds is 9. The zero-order chi connectivity index (χ0) is 24.6. The van der Waals surface area contributed by atoms with Gasteiger partial charge in [-0.15, -0.1) is 0 Å². The Hall–Kier alpha value is -2.53. The second kappa shape index (κ2) is 12.3. The number of hydrogen-bond acceptors (Lipinski definition) is 6. The molecule has 3 rings (SSSR count). The third kappa shape index (κ3) is 7.23. The largest absolute Gasteiger partial charge is 0.491 e. The monoisotopic (exact) mass is 505 g/mol. The molecule has 0 saturated carbocycles. The fourth-order valence-corrected chi connectivity index (χ4v) is 5.19. The molecule has 0 atom stereocenters. The molecule has 2 N–H and O–H groups in total. The van der Waals surface area contributed by atoms with Crippen molar-refractivity contribution in [1.82, 2.24) is 9.62 Å². The average Bonchev–Trinajstić information content (AvgIpc) is 2.82. The first-order chi connectivity index (χ1) is 16.3. The lowest BCUT2D eigenvalue weighted by atomic mass is 10.0. The van der Waals surface area contributed by atoms with E-state index in [1.807, 2.05) is 6.92 Å². The summed E-state index contributed by atoms with van der Waals surface area (Å²) in [5.41, 5.74) is 0.972. The minimum absolute atomic E-state index is 0.105. The summed E-state index contributed by atoms with van der Waals surface area (Å²) in [4.78, 5) is 12.8. The number of nitrogens with zero attached hydrogens (tertiary/aromatic N) is 1. The first-order valence-electron chi connectivity index (χ1n) is 11.3. The Kier molecular flexibility index (Phi) is 9.40. The van der Waals surface area contributed by atoms with Gasteiger partial charge in [-0.25, -0.2) is 8.42 Å². The van der Waals surface area contributed by atoms with E-state index in [1.54, 1.807) is 48.5 Å². The molecule has 1 fully saturated rings. The van der Waals surface area contributed by atoms with Gasteiger partial charge in [-0.3, -0.25) is 10.1 Å². The number of anilines is 1. The van der Waals surface area contributed by atoms with Gasteiger partial charge in [0.05, 0.1) is 11.5 Å². The maximum atomic E-state index is 12.9. The molecule has 1 aliphatic heterocycles. The summed E-state index contributed by atoms with van der Waals surface area (Å²) in [6.45, 7) is 6.61. The number of benzene rings is 2. The molecule has 1 amide bonds. The minimum Gasteiger partial charge on any atom is -0.491 e. The van der Waals surface area contributed by atoms with Crippen LogP contribution < -0.4 is 15.4 Å². The van der Waals surface area contributed by atoms with Crippen LogP contribution in [0.1, 0.15) is 37.0 Å². The number of carbonyl (C=O) groups excluding carboxylic acids is 1. The van der Waals surface area contributed by atoms with E-state index in [-0.39, 0.29) is 15.9 Å². The molecule has 1 heterocycles. The topological polar surface area (TPSA) is 97.0 Å². The average molecular weight is 506 g/mol. The highest BCUT2D eigenvalue weighted by molar-refractivity contribution is 7.89. The predicted octanol–water partition coefficient (Wildman–Crippen LogP) is 3.65. The van der Waals surface area contributed by atoms with Crippen molar-refractivity contribution in [3.8, 4) is 5.75 Å². The Balaban J connectivity index is 1.54. The second-order valence-electron chi connectivity index (χ2n) is 8.09. The molecule has 1 aliphatic rings. The summed E-state index contributed by atoms with van der Waals surface area (Å²) in [6.07, 6.45) is 1.74. The van der Waals surface area contributed by atoms with Crippen molar-refractivity contribution in [1.29, 1.82) is 0 Å². The molecular formula is C24H31N3O5S2. The summed E-state index contributed by atoms with van der Waals surface area (Å²) in [6, 6.07) is 13.1.